The van der Waals surface area contributed by atoms with E-state index in [1.807, 2.05) is 58.0 Å². The molecule has 0 aromatic heterocycles. The summed E-state index contributed by atoms with van der Waals surface area (Å²) in [5.41, 5.74) is 4.47. The van der Waals surface area contributed by atoms with Crippen LogP contribution in [0.3, 0.4) is 0 Å². The van der Waals surface area contributed by atoms with Gasteiger partial charge in [-0.1, -0.05) is 42.8 Å². The molecule has 1 unspecified atom stereocenters. The van der Waals surface area contributed by atoms with E-state index in [0.717, 1.165) is 42.6 Å². The van der Waals surface area contributed by atoms with Crippen LogP contribution in [-0.4, -0.2) is 35.9 Å². The summed E-state index contributed by atoms with van der Waals surface area (Å²) < 4.78 is 5.95. The van der Waals surface area contributed by atoms with Gasteiger partial charge in [0.05, 0.1) is 17.4 Å². The quantitative estimate of drug-likeness (QED) is 0.617. The molecule has 0 aliphatic carbocycles. The molecule has 1 fully saturated rings. The topological polar surface area (TPSA) is 49.9 Å². The van der Waals surface area contributed by atoms with Crippen molar-refractivity contribution < 1.29 is 14.3 Å². The predicted octanol–water partition coefficient (Wildman–Crippen LogP) is 5.11. The third-order valence-corrected chi connectivity index (χ3v) is 6.15. The third-order valence-electron chi connectivity index (χ3n) is 6.15. The molecule has 0 saturated carbocycles. The molecule has 168 valence electrons. The molecule has 2 amide bonds. The van der Waals surface area contributed by atoms with Crippen molar-refractivity contribution in [1.29, 1.82) is 0 Å². The van der Waals surface area contributed by atoms with E-state index in [4.69, 9.17) is 4.74 Å². The van der Waals surface area contributed by atoms with Crippen LogP contribution in [0.4, 0.5) is 5.69 Å². The summed E-state index contributed by atoms with van der Waals surface area (Å²) in [5, 5.41) is 0. The lowest BCUT2D eigenvalue weighted by Gasteiger charge is -2.33. The van der Waals surface area contributed by atoms with Crippen LogP contribution < -0.4 is 9.64 Å². The van der Waals surface area contributed by atoms with E-state index < -0.39 is 0 Å². The molecule has 2 aliphatic rings. The number of ether oxygens (including phenoxy) is 1. The molecule has 2 aromatic carbocycles. The molecule has 5 nitrogen and oxygen atoms in total. The number of amides is 2. The number of nitrogens with zero attached hydrogens (tertiary/aromatic N) is 2. The second kappa shape index (κ2) is 8.81. The summed E-state index contributed by atoms with van der Waals surface area (Å²) in [4.78, 5) is 31.2. The van der Waals surface area contributed by atoms with E-state index in [1.165, 1.54) is 4.90 Å². The molecule has 0 radical (unpaired) electrons. The average molecular weight is 433 g/mol. The van der Waals surface area contributed by atoms with Gasteiger partial charge in [-0.2, -0.15) is 0 Å². The van der Waals surface area contributed by atoms with Crippen molar-refractivity contribution in [2.45, 2.75) is 53.6 Å². The maximum atomic E-state index is 13.9. The molecule has 32 heavy (non-hydrogen) atoms. The number of likely N-dealkylation sites (tertiary alicyclic amines) is 1. The Balaban J connectivity index is 1.86. The highest BCUT2D eigenvalue weighted by atomic mass is 16.5. The van der Waals surface area contributed by atoms with Crippen molar-refractivity contribution in [1.82, 2.24) is 4.90 Å². The Morgan fingerprint density at radius 2 is 1.78 bits per heavy atom. The van der Waals surface area contributed by atoms with Crippen molar-refractivity contribution in [2.24, 2.45) is 5.92 Å². The second-order valence-corrected chi connectivity index (χ2v) is 9.32. The van der Waals surface area contributed by atoms with Gasteiger partial charge in [0.1, 0.15) is 11.4 Å². The summed E-state index contributed by atoms with van der Waals surface area (Å²) in [7, 11) is 0. The van der Waals surface area contributed by atoms with Crippen LogP contribution in [0.25, 0.3) is 5.57 Å². The van der Waals surface area contributed by atoms with Gasteiger partial charge in [0.25, 0.3) is 11.8 Å². The molecule has 2 aliphatic heterocycles. The Kier molecular flexibility index (Phi) is 6.09. The van der Waals surface area contributed by atoms with E-state index in [-0.39, 0.29) is 17.9 Å². The standard InChI is InChI=1S/C27H32N2O3/c1-17(2)32-23-11-7-6-10-22(23)29-26(30)24(21-13-12-18(3)15-20(21)5)25(27(29)31)28-14-8-9-19(4)16-28/h6-7,10-13,15,17,19H,8-9,14,16H2,1-5H3. The molecular weight excluding hydrogens is 400 g/mol. The SMILES string of the molecule is Cc1ccc(C2=C(N3CCCC(C)C3)C(=O)N(c3ccccc3OC(C)C)C2=O)c(C)c1. The highest BCUT2D eigenvalue weighted by molar-refractivity contribution is 6.45. The van der Waals surface area contributed by atoms with Gasteiger partial charge in [-0.15, -0.1) is 0 Å². The Morgan fingerprint density at radius 3 is 2.47 bits per heavy atom. The zero-order valence-corrected chi connectivity index (χ0v) is 19.6. The van der Waals surface area contributed by atoms with Crippen LogP contribution in [0, 0.1) is 19.8 Å². The molecule has 1 saturated heterocycles. The van der Waals surface area contributed by atoms with Gasteiger partial charge < -0.3 is 9.64 Å². The fraction of sp³-hybridized carbons (Fsp3) is 0.407. The van der Waals surface area contributed by atoms with Crippen LogP contribution >= 0.6 is 0 Å². The van der Waals surface area contributed by atoms with Crippen LogP contribution in [-0.2, 0) is 9.59 Å². The maximum Gasteiger partial charge on any atom is 0.282 e. The first-order chi connectivity index (χ1) is 15.3. The van der Waals surface area contributed by atoms with Crippen molar-refractivity contribution in [3.05, 3.63) is 64.9 Å². The molecule has 0 spiro atoms. The number of aryl methyl sites for hydroxylation is 2. The average Bonchev–Trinajstić information content (AvgIpc) is 2.98. The Morgan fingerprint density at radius 1 is 1.03 bits per heavy atom. The largest absolute Gasteiger partial charge is 0.489 e. The van der Waals surface area contributed by atoms with Gasteiger partial charge in [-0.05, 0) is 69.7 Å². The van der Waals surface area contributed by atoms with Gasteiger partial charge in [-0.3, -0.25) is 9.59 Å². The van der Waals surface area contributed by atoms with Gasteiger partial charge in [0, 0.05) is 13.1 Å². The number of imide groups is 1. The van der Waals surface area contributed by atoms with E-state index in [9.17, 15) is 9.59 Å². The van der Waals surface area contributed by atoms with Crippen LogP contribution in [0.15, 0.2) is 48.2 Å². The lowest BCUT2D eigenvalue weighted by molar-refractivity contribution is -0.120. The number of carbonyl (C=O) groups excluding carboxylic acids is 2. The van der Waals surface area contributed by atoms with Crippen LogP contribution in [0.2, 0.25) is 0 Å². The lowest BCUT2D eigenvalue weighted by Crippen LogP contribution is -2.39. The van der Waals surface area contributed by atoms with E-state index in [0.29, 0.717) is 28.6 Å². The first-order valence-electron chi connectivity index (χ1n) is 11.5. The monoisotopic (exact) mass is 432 g/mol. The van der Waals surface area contributed by atoms with Crippen molar-refractivity contribution in [3.63, 3.8) is 0 Å². The minimum absolute atomic E-state index is 0.0712. The van der Waals surface area contributed by atoms with Crippen molar-refractivity contribution in [2.75, 3.05) is 18.0 Å². The number of piperidine rings is 1. The lowest BCUT2D eigenvalue weighted by atomic mass is 9.95. The second-order valence-electron chi connectivity index (χ2n) is 9.32. The number of para-hydroxylation sites is 2. The highest BCUT2D eigenvalue weighted by Gasteiger charge is 2.44. The number of hydrogen-bond donors (Lipinski definition) is 0. The third kappa shape index (κ3) is 4.04. The first-order valence-corrected chi connectivity index (χ1v) is 11.5. The van der Waals surface area contributed by atoms with E-state index in [1.54, 1.807) is 6.07 Å². The summed E-state index contributed by atoms with van der Waals surface area (Å²) in [6, 6.07) is 13.3. The minimum atomic E-state index is -0.282. The number of benzene rings is 2. The van der Waals surface area contributed by atoms with E-state index in [2.05, 4.69) is 17.9 Å². The van der Waals surface area contributed by atoms with Crippen molar-refractivity contribution in [3.8, 4) is 5.75 Å². The number of rotatable bonds is 5. The number of hydrogen-bond acceptors (Lipinski definition) is 4. The van der Waals surface area contributed by atoms with Gasteiger partial charge in [0.2, 0.25) is 0 Å². The molecule has 2 heterocycles. The fourth-order valence-corrected chi connectivity index (χ4v) is 4.76. The maximum absolute atomic E-state index is 13.9. The number of carbonyl (C=O) groups is 2. The fourth-order valence-electron chi connectivity index (χ4n) is 4.76. The summed E-state index contributed by atoms with van der Waals surface area (Å²) in [6.45, 7) is 11.7. The normalized spacial score (nSPS) is 19.4. The van der Waals surface area contributed by atoms with Crippen LogP contribution in [0.1, 0.15) is 50.3 Å². The summed E-state index contributed by atoms with van der Waals surface area (Å²) in [5.74, 6) is 0.469. The van der Waals surface area contributed by atoms with Crippen molar-refractivity contribution >= 4 is 23.1 Å². The predicted molar refractivity (Wildman–Crippen MR) is 128 cm³/mol. The smallest absolute Gasteiger partial charge is 0.282 e. The molecule has 1 atom stereocenters. The summed E-state index contributed by atoms with van der Waals surface area (Å²) in [6.07, 6.45) is 2.08. The Hall–Kier alpha value is -3.08. The first kappa shape index (κ1) is 22.1. The summed E-state index contributed by atoms with van der Waals surface area (Å²) >= 11 is 0. The highest BCUT2D eigenvalue weighted by Crippen LogP contribution is 2.40. The Bertz CT molecular complexity index is 1090. The zero-order chi connectivity index (χ0) is 23.0. The molecule has 4 rings (SSSR count). The van der Waals surface area contributed by atoms with Gasteiger partial charge in [-0.25, -0.2) is 4.90 Å². The zero-order valence-electron chi connectivity index (χ0n) is 19.6. The minimum Gasteiger partial charge on any atom is -0.489 e. The Labute approximate surface area is 190 Å². The molecule has 5 heteroatoms. The van der Waals surface area contributed by atoms with Gasteiger partial charge in [0.15, 0.2) is 0 Å². The van der Waals surface area contributed by atoms with Crippen LogP contribution in [0.5, 0.6) is 5.75 Å². The molecule has 0 N–H and O–H groups in total. The number of anilines is 1. The molecular formula is C27H32N2O3. The van der Waals surface area contributed by atoms with E-state index >= 15 is 0 Å². The molecule has 2 aromatic rings. The van der Waals surface area contributed by atoms with Gasteiger partial charge >= 0.3 is 0 Å². The molecule has 0 bridgehead atoms.